The first-order valence-corrected chi connectivity index (χ1v) is 8.48. The molecule has 2 aliphatic rings. The number of thioether (sulfide) groups is 1. The van der Waals surface area contributed by atoms with Crippen LogP contribution in [0.15, 0.2) is 29.2 Å². The monoisotopic (exact) mass is 341 g/mol. The summed E-state index contributed by atoms with van der Waals surface area (Å²) in [6.45, 7) is 2.00. The van der Waals surface area contributed by atoms with Crippen molar-refractivity contribution in [2.75, 3.05) is 25.1 Å². The molecule has 2 aliphatic heterocycles. The van der Waals surface area contributed by atoms with Gasteiger partial charge >= 0.3 is 0 Å². The lowest BCUT2D eigenvalue weighted by molar-refractivity contribution is -0.138. The van der Waals surface area contributed by atoms with Crippen LogP contribution in [0.3, 0.4) is 0 Å². The number of halogens is 1. The number of ether oxygens (including phenoxy) is 1. The third-order valence-corrected chi connectivity index (χ3v) is 5.66. The van der Waals surface area contributed by atoms with Crippen LogP contribution in [0.1, 0.15) is 5.56 Å². The van der Waals surface area contributed by atoms with Gasteiger partial charge in [-0.1, -0.05) is 34.1 Å². The zero-order chi connectivity index (χ0) is 13.2. The summed E-state index contributed by atoms with van der Waals surface area (Å²) < 4.78 is 5.45. The maximum absolute atomic E-state index is 12.7. The van der Waals surface area contributed by atoms with Gasteiger partial charge in [-0.25, -0.2) is 0 Å². The van der Waals surface area contributed by atoms with Crippen LogP contribution in [0.4, 0.5) is 0 Å². The van der Waals surface area contributed by atoms with Gasteiger partial charge < -0.3 is 9.64 Å². The Morgan fingerprint density at radius 3 is 3.11 bits per heavy atom. The summed E-state index contributed by atoms with van der Waals surface area (Å²) in [6, 6.07) is 8.48. The van der Waals surface area contributed by atoms with Gasteiger partial charge in [0.15, 0.2) is 0 Å². The summed E-state index contributed by atoms with van der Waals surface area (Å²) in [4.78, 5) is 15.9. The van der Waals surface area contributed by atoms with Crippen LogP contribution >= 0.6 is 27.7 Å². The maximum Gasteiger partial charge on any atom is 0.236 e. The molecule has 19 heavy (non-hydrogen) atoms. The Balaban J connectivity index is 1.72. The Morgan fingerprint density at radius 1 is 1.47 bits per heavy atom. The smallest absolute Gasteiger partial charge is 0.236 e. The van der Waals surface area contributed by atoms with E-state index < -0.39 is 0 Å². The van der Waals surface area contributed by atoms with Crippen molar-refractivity contribution in [3.05, 3.63) is 29.8 Å². The van der Waals surface area contributed by atoms with Crippen molar-refractivity contribution < 1.29 is 9.53 Å². The van der Waals surface area contributed by atoms with Crippen molar-refractivity contribution in [2.45, 2.75) is 22.6 Å². The number of benzene rings is 1. The molecular weight excluding hydrogens is 326 g/mol. The summed E-state index contributed by atoms with van der Waals surface area (Å²) >= 11 is 5.18. The molecule has 0 bridgehead atoms. The minimum absolute atomic E-state index is 0.0389. The number of fused-ring (bicyclic) bond motifs is 1. The second-order valence-electron chi connectivity index (χ2n) is 4.83. The lowest BCUT2D eigenvalue weighted by Crippen LogP contribution is -2.52. The van der Waals surface area contributed by atoms with Crippen molar-refractivity contribution in [3.63, 3.8) is 0 Å². The summed E-state index contributed by atoms with van der Waals surface area (Å²) in [5.41, 5.74) is 1.30. The maximum atomic E-state index is 12.7. The summed E-state index contributed by atoms with van der Waals surface area (Å²) in [7, 11) is 0. The highest BCUT2D eigenvalue weighted by Gasteiger charge is 2.35. The SMILES string of the molecule is O=C(C1Cc2ccccc2S1)N1CCOCC1CBr. The second kappa shape index (κ2) is 5.85. The number of carbonyl (C=O) groups excluding carboxylic acids is 1. The Labute approximate surface area is 125 Å². The topological polar surface area (TPSA) is 29.5 Å². The third-order valence-electron chi connectivity index (χ3n) is 3.61. The molecule has 1 aromatic carbocycles. The van der Waals surface area contributed by atoms with Crippen LogP contribution < -0.4 is 0 Å². The molecule has 2 atom stereocenters. The quantitative estimate of drug-likeness (QED) is 0.773. The van der Waals surface area contributed by atoms with Crippen LogP contribution in [0.25, 0.3) is 0 Å². The third kappa shape index (κ3) is 2.69. The van der Waals surface area contributed by atoms with Crippen LogP contribution in [0.2, 0.25) is 0 Å². The van der Waals surface area contributed by atoms with Crippen molar-refractivity contribution in [1.82, 2.24) is 4.90 Å². The molecule has 1 saturated heterocycles. The molecule has 2 heterocycles. The van der Waals surface area contributed by atoms with E-state index in [4.69, 9.17) is 4.74 Å². The van der Waals surface area contributed by atoms with Gasteiger partial charge in [0.25, 0.3) is 0 Å². The Hall–Kier alpha value is -0.520. The molecule has 1 aromatic rings. The summed E-state index contributed by atoms with van der Waals surface area (Å²) in [6.07, 6.45) is 0.853. The average Bonchev–Trinajstić information content (AvgIpc) is 2.90. The first kappa shape index (κ1) is 13.5. The normalized spacial score (nSPS) is 26.3. The Morgan fingerprint density at radius 2 is 2.32 bits per heavy atom. The molecule has 0 aliphatic carbocycles. The zero-order valence-corrected chi connectivity index (χ0v) is 13.0. The highest BCUT2D eigenvalue weighted by Crippen LogP contribution is 2.38. The fourth-order valence-corrected chi connectivity index (χ4v) is 4.38. The molecule has 1 amide bonds. The van der Waals surface area contributed by atoms with Crippen LogP contribution in [0, 0.1) is 0 Å². The number of alkyl halides is 1. The van der Waals surface area contributed by atoms with Gasteiger partial charge in [0.05, 0.1) is 24.5 Å². The van der Waals surface area contributed by atoms with Crippen molar-refractivity contribution >= 4 is 33.6 Å². The fraction of sp³-hybridized carbons (Fsp3) is 0.500. The number of hydrogen-bond acceptors (Lipinski definition) is 3. The number of nitrogens with zero attached hydrogens (tertiary/aromatic N) is 1. The van der Waals surface area contributed by atoms with Crippen molar-refractivity contribution in [1.29, 1.82) is 0 Å². The molecule has 0 N–H and O–H groups in total. The molecule has 102 valence electrons. The van der Waals surface area contributed by atoms with E-state index in [1.54, 1.807) is 11.8 Å². The largest absolute Gasteiger partial charge is 0.377 e. The minimum Gasteiger partial charge on any atom is -0.377 e. The number of morpholine rings is 1. The first-order valence-electron chi connectivity index (χ1n) is 6.48. The molecule has 5 heteroatoms. The molecule has 3 nitrogen and oxygen atoms in total. The molecule has 2 unspecified atom stereocenters. The van der Waals surface area contributed by atoms with Gasteiger partial charge in [-0.2, -0.15) is 0 Å². The van der Waals surface area contributed by atoms with E-state index in [2.05, 4.69) is 28.1 Å². The van der Waals surface area contributed by atoms with Crippen LogP contribution in [0.5, 0.6) is 0 Å². The van der Waals surface area contributed by atoms with Gasteiger partial charge in [0.2, 0.25) is 5.91 Å². The number of rotatable bonds is 2. The van der Waals surface area contributed by atoms with Gasteiger partial charge in [0, 0.05) is 16.8 Å². The molecule has 0 aromatic heterocycles. The molecular formula is C14H16BrNO2S. The standard InChI is InChI=1S/C14H16BrNO2S/c15-8-11-9-18-6-5-16(11)14(17)13-7-10-3-1-2-4-12(10)19-13/h1-4,11,13H,5-9H2. The minimum atomic E-state index is 0.0389. The van der Waals surface area contributed by atoms with E-state index in [9.17, 15) is 4.79 Å². The van der Waals surface area contributed by atoms with Crippen molar-refractivity contribution in [3.8, 4) is 0 Å². The van der Waals surface area contributed by atoms with E-state index >= 15 is 0 Å². The van der Waals surface area contributed by atoms with Crippen LogP contribution in [-0.2, 0) is 16.0 Å². The highest BCUT2D eigenvalue weighted by atomic mass is 79.9. The molecule has 3 rings (SSSR count). The van der Waals surface area contributed by atoms with E-state index in [1.807, 2.05) is 17.0 Å². The van der Waals surface area contributed by atoms with Gasteiger partial charge in [0.1, 0.15) is 0 Å². The number of carbonyl (C=O) groups is 1. The number of hydrogen-bond donors (Lipinski definition) is 0. The highest BCUT2D eigenvalue weighted by molar-refractivity contribution is 9.09. The summed E-state index contributed by atoms with van der Waals surface area (Å²) in [5.74, 6) is 0.258. The predicted molar refractivity (Wildman–Crippen MR) is 79.9 cm³/mol. The van der Waals surface area contributed by atoms with E-state index in [1.165, 1.54) is 10.5 Å². The number of amides is 1. The second-order valence-corrected chi connectivity index (χ2v) is 6.73. The average molecular weight is 342 g/mol. The molecule has 0 radical (unpaired) electrons. The lowest BCUT2D eigenvalue weighted by Gasteiger charge is -2.36. The fourth-order valence-electron chi connectivity index (χ4n) is 2.58. The van der Waals surface area contributed by atoms with Gasteiger partial charge in [-0.3, -0.25) is 4.79 Å². The van der Waals surface area contributed by atoms with E-state index in [0.717, 1.165) is 11.8 Å². The van der Waals surface area contributed by atoms with Gasteiger partial charge in [-0.15, -0.1) is 11.8 Å². The van der Waals surface area contributed by atoms with Crippen molar-refractivity contribution in [2.24, 2.45) is 0 Å². The summed E-state index contributed by atoms with van der Waals surface area (Å²) in [5, 5.41) is 0.820. The predicted octanol–water partition coefficient (Wildman–Crippen LogP) is 2.33. The van der Waals surface area contributed by atoms with Gasteiger partial charge in [-0.05, 0) is 18.1 Å². The molecule has 0 saturated carbocycles. The zero-order valence-electron chi connectivity index (χ0n) is 10.5. The van der Waals surface area contributed by atoms with E-state index in [-0.39, 0.29) is 17.2 Å². The molecule has 1 fully saturated rings. The first-order chi connectivity index (χ1) is 9.29. The Bertz CT molecular complexity index is 457. The van der Waals surface area contributed by atoms with Crippen LogP contribution in [-0.4, -0.2) is 47.2 Å². The molecule has 0 spiro atoms. The Kier molecular flexibility index (Phi) is 4.15. The lowest BCUT2D eigenvalue weighted by atomic mass is 10.1. The van der Waals surface area contributed by atoms with E-state index in [0.29, 0.717) is 19.8 Å².